The van der Waals surface area contributed by atoms with Crippen molar-refractivity contribution < 1.29 is 5.11 Å². The van der Waals surface area contributed by atoms with Crippen LogP contribution in [0.4, 0.5) is 0 Å². The zero-order valence-electron chi connectivity index (χ0n) is 14.5. The molecule has 0 spiro atoms. The van der Waals surface area contributed by atoms with Gasteiger partial charge in [0.2, 0.25) is 0 Å². The predicted octanol–water partition coefficient (Wildman–Crippen LogP) is 3.60. The van der Waals surface area contributed by atoms with E-state index in [2.05, 4.69) is 34.7 Å². The monoisotopic (exact) mass is 463 g/mol. The normalized spacial score (nSPS) is 23.8. The molecule has 1 aliphatic carbocycles. The Bertz CT molecular complexity index is 514. The van der Waals surface area contributed by atoms with Crippen molar-refractivity contribution in [1.82, 2.24) is 10.2 Å². The minimum atomic E-state index is -0.209. The van der Waals surface area contributed by atoms with Gasteiger partial charge in [-0.1, -0.05) is 25.3 Å². The maximum absolute atomic E-state index is 9.81. The average Bonchev–Trinajstić information content (AvgIpc) is 3.24. The molecule has 1 aliphatic heterocycles. The van der Waals surface area contributed by atoms with Crippen molar-refractivity contribution in [2.24, 2.45) is 4.99 Å². The molecule has 1 aromatic rings. The van der Waals surface area contributed by atoms with Crippen molar-refractivity contribution in [3.05, 3.63) is 22.4 Å². The summed E-state index contributed by atoms with van der Waals surface area (Å²) in [6, 6.07) is 4.46. The van der Waals surface area contributed by atoms with E-state index in [0.29, 0.717) is 6.54 Å². The van der Waals surface area contributed by atoms with Gasteiger partial charge in [-0.05, 0) is 37.6 Å². The number of thiophene rings is 1. The Morgan fingerprint density at radius 2 is 2.21 bits per heavy atom. The molecule has 1 saturated carbocycles. The second-order valence-electron chi connectivity index (χ2n) is 6.88. The van der Waals surface area contributed by atoms with E-state index in [9.17, 15) is 5.11 Å². The molecular formula is C18H30IN3OS. The molecule has 0 radical (unpaired) electrons. The molecule has 0 aromatic carbocycles. The fourth-order valence-electron chi connectivity index (χ4n) is 3.88. The lowest BCUT2D eigenvalue weighted by atomic mass is 9.73. The summed E-state index contributed by atoms with van der Waals surface area (Å²) in [5, 5.41) is 15.4. The molecule has 24 heavy (non-hydrogen) atoms. The third-order valence-corrected chi connectivity index (χ3v) is 6.30. The number of aliphatic imine (C=N–C) groups is 1. The zero-order valence-corrected chi connectivity index (χ0v) is 17.7. The average molecular weight is 463 g/mol. The largest absolute Gasteiger partial charge is 0.391 e. The Balaban J connectivity index is 0.00000208. The topological polar surface area (TPSA) is 47.9 Å². The van der Waals surface area contributed by atoms with Crippen molar-refractivity contribution in [2.75, 3.05) is 26.2 Å². The van der Waals surface area contributed by atoms with Gasteiger partial charge in [-0.25, -0.2) is 0 Å². The van der Waals surface area contributed by atoms with Crippen LogP contribution in [0.1, 0.15) is 50.3 Å². The van der Waals surface area contributed by atoms with Crippen LogP contribution in [0.2, 0.25) is 0 Å². The summed E-state index contributed by atoms with van der Waals surface area (Å²) in [7, 11) is 0. The van der Waals surface area contributed by atoms with Crippen LogP contribution in [-0.2, 0) is 5.41 Å². The minimum Gasteiger partial charge on any atom is -0.391 e. The van der Waals surface area contributed by atoms with Gasteiger partial charge in [-0.2, -0.15) is 0 Å². The second kappa shape index (κ2) is 9.38. The van der Waals surface area contributed by atoms with Crippen LogP contribution in [0.15, 0.2) is 22.5 Å². The first-order valence-electron chi connectivity index (χ1n) is 8.99. The fraction of sp³-hybridized carbons (Fsp3) is 0.722. The minimum absolute atomic E-state index is 0. The molecule has 0 amide bonds. The molecule has 136 valence electrons. The predicted molar refractivity (Wildman–Crippen MR) is 113 cm³/mol. The van der Waals surface area contributed by atoms with Gasteiger partial charge in [-0.3, -0.25) is 4.99 Å². The third-order valence-electron chi connectivity index (χ3n) is 5.18. The van der Waals surface area contributed by atoms with Gasteiger partial charge in [0.25, 0.3) is 0 Å². The number of aliphatic hydroxyl groups excluding tert-OH is 1. The second-order valence-corrected chi connectivity index (χ2v) is 7.82. The molecule has 2 fully saturated rings. The number of aliphatic hydroxyl groups is 1. The molecule has 4 nitrogen and oxygen atoms in total. The van der Waals surface area contributed by atoms with E-state index in [4.69, 9.17) is 4.99 Å². The summed E-state index contributed by atoms with van der Waals surface area (Å²) in [6.07, 6.45) is 7.12. The van der Waals surface area contributed by atoms with Crippen molar-refractivity contribution in [3.8, 4) is 0 Å². The van der Waals surface area contributed by atoms with E-state index in [1.165, 1.54) is 37.0 Å². The molecule has 1 aromatic heterocycles. The maximum Gasteiger partial charge on any atom is 0.194 e. The summed E-state index contributed by atoms with van der Waals surface area (Å²) >= 11 is 1.88. The first-order chi connectivity index (χ1) is 11.2. The fourth-order valence-corrected chi connectivity index (χ4v) is 4.86. The van der Waals surface area contributed by atoms with Gasteiger partial charge in [-0.15, -0.1) is 35.3 Å². The van der Waals surface area contributed by atoms with Gasteiger partial charge < -0.3 is 15.3 Å². The quantitative estimate of drug-likeness (QED) is 0.408. The summed E-state index contributed by atoms with van der Waals surface area (Å²) in [5.41, 5.74) is 0.228. The van der Waals surface area contributed by atoms with Crippen LogP contribution in [0, 0.1) is 0 Å². The highest BCUT2D eigenvalue weighted by Gasteiger charge is 2.35. The Kier molecular flexibility index (Phi) is 7.81. The zero-order chi connectivity index (χ0) is 16.1. The first kappa shape index (κ1) is 20.0. The number of guanidine groups is 1. The first-order valence-corrected chi connectivity index (χ1v) is 9.87. The molecule has 1 atom stereocenters. The van der Waals surface area contributed by atoms with E-state index >= 15 is 0 Å². The maximum atomic E-state index is 9.81. The number of rotatable bonds is 4. The van der Waals surface area contributed by atoms with Crippen molar-refractivity contribution in [2.45, 2.75) is 57.0 Å². The Morgan fingerprint density at radius 1 is 1.42 bits per heavy atom. The van der Waals surface area contributed by atoms with Crippen molar-refractivity contribution >= 4 is 41.3 Å². The lowest BCUT2D eigenvalue weighted by Crippen LogP contribution is -2.42. The lowest BCUT2D eigenvalue weighted by molar-refractivity contribution is 0.187. The van der Waals surface area contributed by atoms with Crippen LogP contribution >= 0.6 is 35.3 Å². The Labute approximate surface area is 166 Å². The number of β-amino-alcohol motifs (C(OH)–C–C–N with tert-alkyl or cyclic N) is 1. The number of nitrogens with one attached hydrogen (secondary N) is 1. The summed E-state index contributed by atoms with van der Waals surface area (Å²) in [4.78, 5) is 8.71. The number of nitrogens with zero attached hydrogens (tertiary/aromatic N) is 2. The molecule has 0 bridgehead atoms. The Morgan fingerprint density at radius 3 is 2.79 bits per heavy atom. The van der Waals surface area contributed by atoms with Crippen molar-refractivity contribution in [3.63, 3.8) is 0 Å². The summed E-state index contributed by atoms with van der Waals surface area (Å²) in [5.74, 6) is 0.977. The number of likely N-dealkylation sites (tertiary alicyclic amines) is 1. The summed E-state index contributed by atoms with van der Waals surface area (Å²) in [6.45, 7) is 5.45. The lowest BCUT2D eigenvalue weighted by Gasteiger charge is -2.36. The molecule has 2 heterocycles. The van der Waals surface area contributed by atoms with E-state index in [1.807, 2.05) is 11.3 Å². The van der Waals surface area contributed by atoms with Gasteiger partial charge in [0.05, 0.1) is 12.6 Å². The van der Waals surface area contributed by atoms with E-state index in [0.717, 1.165) is 32.0 Å². The molecule has 0 unspecified atom stereocenters. The van der Waals surface area contributed by atoms with Crippen LogP contribution < -0.4 is 5.32 Å². The highest BCUT2D eigenvalue weighted by Crippen LogP contribution is 2.41. The highest BCUT2D eigenvalue weighted by atomic mass is 127. The van der Waals surface area contributed by atoms with Crippen molar-refractivity contribution in [1.29, 1.82) is 0 Å². The van der Waals surface area contributed by atoms with E-state index < -0.39 is 0 Å². The molecule has 2 N–H and O–H groups in total. The van der Waals surface area contributed by atoms with Gasteiger partial charge in [0.1, 0.15) is 0 Å². The third kappa shape index (κ3) is 4.64. The molecule has 2 aliphatic rings. The highest BCUT2D eigenvalue weighted by molar-refractivity contribution is 14.0. The van der Waals surface area contributed by atoms with Crippen LogP contribution in [0.25, 0.3) is 0 Å². The van der Waals surface area contributed by atoms with E-state index in [-0.39, 0.29) is 35.5 Å². The number of hydrogen-bond acceptors (Lipinski definition) is 3. The standard InChI is InChI=1S/C18H29N3OS.HI/c1-2-19-17(21-11-8-15(22)13-21)20-14-18(9-4-3-5-10-18)16-7-6-12-23-16;/h6-7,12,15,22H,2-5,8-11,13-14H2,1H3,(H,19,20);1H/t15-;/m1./s1. The van der Waals surface area contributed by atoms with Gasteiger partial charge in [0, 0.05) is 29.9 Å². The molecule has 1 saturated heterocycles. The van der Waals surface area contributed by atoms with Gasteiger partial charge >= 0.3 is 0 Å². The number of hydrogen-bond donors (Lipinski definition) is 2. The molecular weight excluding hydrogens is 433 g/mol. The smallest absolute Gasteiger partial charge is 0.194 e. The van der Waals surface area contributed by atoms with Crippen LogP contribution in [0.5, 0.6) is 0 Å². The van der Waals surface area contributed by atoms with Gasteiger partial charge in [0.15, 0.2) is 5.96 Å². The Hall–Kier alpha value is -0.340. The summed E-state index contributed by atoms with van der Waals surface area (Å²) < 4.78 is 0. The van der Waals surface area contributed by atoms with E-state index in [1.54, 1.807) is 0 Å². The molecule has 3 rings (SSSR count). The van der Waals surface area contributed by atoms with Crippen LogP contribution in [0.3, 0.4) is 0 Å². The SMILES string of the molecule is CCNC(=NCC1(c2cccs2)CCCCC1)N1CC[C@@H](O)C1.I. The van der Waals surface area contributed by atoms with Crippen LogP contribution in [-0.4, -0.2) is 48.2 Å². The number of halogens is 1. The molecule has 6 heteroatoms.